The zero-order valence-electron chi connectivity index (χ0n) is 7.54. The molecule has 2 nitrogen and oxygen atoms in total. The molecule has 1 rings (SSSR count). The highest BCUT2D eigenvalue weighted by Gasteiger charge is 2.08. The first-order valence-corrected chi connectivity index (χ1v) is 3.92. The van der Waals surface area contributed by atoms with Gasteiger partial charge in [0.2, 0.25) is 0 Å². The third-order valence-corrected chi connectivity index (χ3v) is 1.87. The minimum Gasteiger partial charge on any atom is -0.494 e. The molecule has 0 radical (unpaired) electrons. The highest BCUT2D eigenvalue weighted by molar-refractivity contribution is 5.34. The lowest BCUT2D eigenvalue weighted by Crippen LogP contribution is -1.93. The molecule has 1 aromatic rings. The van der Waals surface area contributed by atoms with Crippen molar-refractivity contribution in [3.8, 4) is 11.8 Å². The van der Waals surface area contributed by atoms with E-state index < -0.39 is 5.82 Å². The number of rotatable bonds is 2. The van der Waals surface area contributed by atoms with E-state index >= 15 is 0 Å². The number of methoxy groups -OCH3 is 1. The predicted octanol–water partition coefficient (Wildman–Crippen LogP) is 2.46. The van der Waals surface area contributed by atoms with Crippen LogP contribution in [0, 0.1) is 17.1 Å². The molecule has 0 N–H and O–H groups in total. The monoisotopic (exact) mass is 179 g/mol. The first-order valence-electron chi connectivity index (χ1n) is 3.92. The molecule has 0 aromatic heterocycles. The number of hydrogen-bond acceptors (Lipinski definition) is 2. The summed E-state index contributed by atoms with van der Waals surface area (Å²) in [6.45, 7) is 1.76. The molecule has 0 bridgehead atoms. The van der Waals surface area contributed by atoms with Crippen molar-refractivity contribution in [2.24, 2.45) is 0 Å². The van der Waals surface area contributed by atoms with Gasteiger partial charge < -0.3 is 4.74 Å². The summed E-state index contributed by atoms with van der Waals surface area (Å²) in [5.74, 6) is -0.467. The van der Waals surface area contributed by atoms with Crippen LogP contribution in [0.25, 0.3) is 0 Å². The van der Waals surface area contributed by atoms with Crippen molar-refractivity contribution in [2.75, 3.05) is 7.11 Å². The molecule has 0 spiro atoms. The van der Waals surface area contributed by atoms with Gasteiger partial charge in [0, 0.05) is 0 Å². The number of benzene rings is 1. The Hall–Kier alpha value is -1.56. The van der Waals surface area contributed by atoms with Crippen molar-refractivity contribution < 1.29 is 9.13 Å². The summed E-state index contributed by atoms with van der Waals surface area (Å²) in [4.78, 5) is 0. The molecule has 1 atom stereocenters. The van der Waals surface area contributed by atoms with Crippen molar-refractivity contribution in [3.63, 3.8) is 0 Å². The van der Waals surface area contributed by atoms with Crippen LogP contribution in [-0.2, 0) is 0 Å². The molecule has 0 amide bonds. The minimum atomic E-state index is -0.406. The van der Waals surface area contributed by atoms with Gasteiger partial charge in [0.05, 0.1) is 19.1 Å². The zero-order valence-corrected chi connectivity index (χ0v) is 7.54. The fourth-order valence-electron chi connectivity index (χ4n) is 1.02. The summed E-state index contributed by atoms with van der Waals surface area (Å²) < 4.78 is 17.7. The lowest BCUT2D eigenvalue weighted by molar-refractivity contribution is 0.386. The van der Waals surface area contributed by atoms with Crippen molar-refractivity contribution in [3.05, 3.63) is 29.6 Å². The maximum absolute atomic E-state index is 12.9. The van der Waals surface area contributed by atoms with Crippen LogP contribution >= 0.6 is 0 Å². The molecule has 0 aliphatic rings. The van der Waals surface area contributed by atoms with Gasteiger partial charge in [-0.2, -0.15) is 5.26 Å². The first-order chi connectivity index (χ1) is 6.19. The van der Waals surface area contributed by atoms with Gasteiger partial charge in [0.25, 0.3) is 0 Å². The molecule has 0 heterocycles. The number of nitriles is 1. The Kier molecular flexibility index (Phi) is 2.86. The Morgan fingerprint density at radius 3 is 2.77 bits per heavy atom. The smallest absolute Gasteiger partial charge is 0.165 e. The molecule has 0 saturated carbocycles. The van der Waals surface area contributed by atoms with E-state index in [0.29, 0.717) is 0 Å². The fourth-order valence-corrected chi connectivity index (χ4v) is 1.02. The summed E-state index contributed by atoms with van der Waals surface area (Å²) in [5, 5.41) is 8.64. The quantitative estimate of drug-likeness (QED) is 0.698. The van der Waals surface area contributed by atoms with Crippen molar-refractivity contribution in [2.45, 2.75) is 12.8 Å². The SMILES string of the molecule is COc1cc(C(C)C#N)ccc1F. The first kappa shape index (κ1) is 9.53. The maximum Gasteiger partial charge on any atom is 0.165 e. The van der Waals surface area contributed by atoms with Crippen LogP contribution in [0.2, 0.25) is 0 Å². The number of hydrogen-bond donors (Lipinski definition) is 0. The lowest BCUT2D eigenvalue weighted by Gasteiger charge is -2.06. The molecule has 3 heteroatoms. The van der Waals surface area contributed by atoms with Crippen LogP contribution in [0.4, 0.5) is 4.39 Å². The van der Waals surface area contributed by atoms with E-state index in [1.54, 1.807) is 19.1 Å². The average Bonchev–Trinajstić information content (AvgIpc) is 2.17. The molecule has 0 saturated heterocycles. The van der Waals surface area contributed by atoms with Crippen LogP contribution in [0.1, 0.15) is 18.4 Å². The standard InChI is InChI=1S/C10H10FNO/c1-7(6-12)8-3-4-9(11)10(5-8)13-2/h3-5,7H,1-2H3. The molecule has 0 aliphatic carbocycles. The molecule has 1 aromatic carbocycles. The molecule has 1 unspecified atom stereocenters. The van der Waals surface area contributed by atoms with Crippen LogP contribution in [0.15, 0.2) is 18.2 Å². The van der Waals surface area contributed by atoms with Crippen LogP contribution in [0.3, 0.4) is 0 Å². The summed E-state index contributed by atoms with van der Waals surface area (Å²) in [7, 11) is 1.40. The summed E-state index contributed by atoms with van der Waals surface area (Å²) in [6.07, 6.45) is 0. The number of ether oxygens (including phenoxy) is 1. The van der Waals surface area contributed by atoms with Crippen molar-refractivity contribution in [1.82, 2.24) is 0 Å². The van der Waals surface area contributed by atoms with E-state index in [0.717, 1.165) is 5.56 Å². The highest BCUT2D eigenvalue weighted by atomic mass is 19.1. The van der Waals surface area contributed by atoms with E-state index in [9.17, 15) is 4.39 Å². The van der Waals surface area contributed by atoms with E-state index in [-0.39, 0.29) is 11.7 Å². The normalized spacial score (nSPS) is 11.8. The predicted molar refractivity (Wildman–Crippen MR) is 47.0 cm³/mol. The Labute approximate surface area is 76.6 Å². The lowest BCUT2D eigenvalue weighted by atomic mass is 10.0. The summed E-state index contributed by atoms with van der Waals surface area (Å²) in [6, 6.07) is 6.52. The minimum absolute atomic E-state index is 0.180. The number of halogens is 1. The molecule has 68 valence electrons. The average molecular weight is 179 g/mol. The summed E-state index contributed by atoms with van der Waals surface area (Å²) in [5.41, 5.74) is 0.765. The maximum atomic E-state index is 12.9. The van der Waals surface area contributed by atoms with Crippen LogP contribution in [0.5, 0.6) is 5.75 Å². The van der Waals surface area contributed by atoms with Crippen molar-refractivity contribution >= 4 is 0 Å². The van der Waals surface area contributed by atoms with Gasteiger partial charge in [0.1, 0.15) is 0 Å². The van der Waals surface area contributed by atoms with Gasteiger partial charge in [-0.15, -0.1) is 0 Å². The Bertz CT molecular complexity index is 343. The molecule has 13 heavy (non-hydrogen) atoms. The number of nitrogens with zero attached hydrogens (tertiary/aromatic N) is 1. The molecular formula is C10H10FNO. The third-order valence-electron chi connectivity index (χ3n) is 1.87. The van der Waals surface area contributed by atoms with Gasteiger partial charge in [-0.25, -0.2) is 4.39 Å². The second-order valence-corrected chi connectivity index (χ2v) is 2.74. The van der Waals surface area contributed by atoms with E-state index in [1.807, 2.05) is 0 Å². The third kappa shape index (κ3) is 1.97. The Balaban J connectivity index is 3.08. The molecule has 0 fully saturated rings. The van der Waals surface area contributed by atoms with E-state index in [4.69, 9.17) is 10.00 Å². The second-order valence-electron chi connectivity index (χ2n) is 2.74. The Morgan fingerprint density at radius 1 is 1.54 bits per heavy atom. The van der Waals surface area contributed by atoms with Crippen molar-refractivity contribution in [1.29, 1.82) is 5.26 Å². The van der Waals surface area contributed by atoms with Gasteiger partial charge in [-0.05, 0) is 24.6 Å². The van der Waals surface area contributed by atoms with Gasteiger partial charge >= 0.3 is 0 Å². The molecule has 0 aliphatic heterocycles. The van der Waals surface area contributed by atoms with Gasteiger partial charge in [-0.1, -0.05) is 6.07 Å². The highest BCUT2D eigenvalue weighted by Crippen LogP contribution is 2.22. The zero-order chi connectivity index (χ0) is 9.84. The topological polar surface area (TPSA) is 33.0 Å². The largest absolute Gasteiger partial charge is 0.494 e. The van der Waals surface area contributed by atoms with Crippen LogP contribution < -0.4 is 4.74 Å². The van der Waals surface area contributed by atoms with Gasteiger partial charge in [0.15, 0.2) is 11.6 Å². The second kappa shape index (κ2) is 3.90. The summed E-state index contributed by atoms with van der Waals surface area (Å²) >= 11 is 0. The van der Waals surface area contributed by atoms with Crippen LogP contribution in [-0.4, -0.2) is 7.11 Å². The van der Waals surface area contributed by atoms with E-state index in [1.165, 1.54) is 13.2 Å². The fraction of sp³-hybridized carbons (Fsp3) is 0.300. The Morgan fingerprint density at radius 2 is 2.23 bits per heavy atom. The van der Waals surface area contributed by atoms with E-state index in [2.05, 4.69) is 6.07 Å². The molecular weight excluding hydrogens is 169 g/mol. The van der Waals surface area contributed by atoms with Gasteiger partial charge in [-0.3, -0.25) is 0 Å².